The minimum Gasteiger partial charge on any atom is -0.0914 e. The summed E-state index contributed by atoms with van der Waals surface area (Å²) >= 11 is 0. The van der Waals surface area contributed by atoms with Gasteiger partial charge in [0.1, 0.15) is 0 Å². The summed E-state index contributed by atoms with van der Waals surface area (Å²) in [5.41, 5.74) is 2.91. The number of aryl methyl sites for hydroxylation is 1. The van der Waals surface area contributed by atoms with E-state index in [9.17, 15) is 0 Å². The van der Waals surface area contributed by atoms with E-state index in [1.54, 1.807) is 5.56 Å². The van der Waals surface area contributed by atoms with Crippen molar-refractivity contribution in [2.45, 2.75) is 45.4 Å². The minimum atomic E-state index is 0.808. The van der Waals surface area contributed by atoms with E-state index >= 15 is 0 Å². The number of hydrogen-bond acceptors (Lipinski definition) is 0. The molecule has 0 atom stereocenters. The Balaban J connectivity index is 1.96. The van der Waals surface area contributed by atoms with E-state index in [4.69, 9.17) is 0 Å². The Kier molecular flexibility index (Phi) is 3.82. The molecular formula is C16H22. The van der Waals surface area contributed by atoms with Gasteiger partial charge >= 0.3 is 0 Å². The molecule has 0 heteroatoms. The second kappa shape index (κ2) is 5.34. The van der Waals surface area contributed by atoms with Crippen LogP contribution in [-0.2, 0) is 0 Å². The fraction of sp³-hybridized carbons (Fsp3) is 0.500. The van der Waals surface area contributed by atoms with Gasteiger partial charge in [-0.25, -0.2) is 0 Å². The zero-order valence-corrected chi connectivity index (χ0v) is 10.4. The molecule has 1 aliphatic carbocycles. The maximum absolute atomic E-state index is 2.38. The normalized spacial score (nSPS) is 26.1. The highest BCUT2D eigenvalue weighted by Crippen LogP contribution is 2.36. The highest BCUT2D eigenvalue weighted by Gasteiger charge is 2.20. The molecule has 0 amide bonds. The van der Waals surface area contributed by atoms with Gasteiger partial charge in [-0.2, -0.15) is 0 Å². The molecule has 0 radical (unpaired) electrons. The number of rotatable bonds is 2. The topological polar surface area (TPSA) is 0 Å². The van der Waals surface area contributed by atoms with Gasteiger partial charge in [-0.05, 0) is 56.9 Å². The zero-order chi connectivity index (χ0) is 11.4. The molecule has 0 aromatic heterocycles. The van der Waals surface area contributed by atoms with Crippen LogP contribution in [0.15, 0.2) is 36.4 Å². The monoisotopic (exact) mass is 214 g/mol. The molecule has 1 aliphatic rings. The first-order valence-electron chi connectivity index (χ1n) is 6.49. The maximum atomic E-state index is 2.38. The van der Waals surface area contributed by atoms with E-state index in [0.717, 1.165) is 11.8 Å². The summed E-state index contributed by atoms with van der Waals surface area (Å²) in [4.78, 5) is 0. The van der Waals surface area contributed by atoms with Crippen molar-refractivity contribution in [2.75, 3.05) is 0 Å². The Labute approximate surface area is 99.4 Å². The average molecular weight is 214 g/mol. The number of hydrogen-bond donors (Lipinski definition) is 0. The van der Waals surface area contributed by atoms with E-state index in [-0.39, 0.29) is 0 Å². The molecule has 0 saturated heterocycles. The predicted octanol–water partition coefficient (Wildman–Crippen LogP) is 4.84. The molecule has 1 saturated carbocycles. The fourth-order valence-electron chi connectivity index (χ4n) is 2.76. The molecular weight excluding hydrogens is 192 g/mol. The standard InChI is InChI=1S/C16H22/c1-3-4-14-7-11-16(12-8-14)15-9-5-13(2)6-10-15/h3-6,9-10,14,16H,7-8,11-12H2,1-2H3/b4-3+. The fourth-order valence-corrected chi connectivity index (χ4v) is 2.76. The van der Waals surface area contributed by atoms with E-state index in [1.165, 1.54) is 31.2 Å². The Bertz CT molecular complexity index is 337. The van der Waals surface area contributed by atoms with Crippen molar-refractivity contribution < 1.29 is 0 Å². The molecule has 0 nitrogen and oxygen atoms in total. The summed E-state index contributed by atoms with van der Waals surface area (Å²) in [5, 5.41) is 0. The molecule has 0 N–H and O–H groups in total. The van der Waals surface area contributed by atoms with E-state index in [0.29, 0.717) is 0 Å². The average Bonchev–Trinajstić information content (AvgIpc) is 2.32. The predicted molar refractivity (Wildman–Crippen MR) is 70.7 cm³/mol. The molecule has 1 aromatic rings. The first-order valence-corrected chi connectivity index (χ1v) is 6.49. The smallest absolute Gasteiger partial charge is 0.0162 e. The van der Waals surface area contributed by atoms with Crippen LogP contribution in [0.25, 0.3) is 0 Å². The summed E-state index contributed by atoms with van der Waals surface area (Å²) in [6, 6.07) is 9.12. The second-order valence-electron chi connectivity index (χ2n) is 5.05. The third kappa shape index (κ3) is 2.75. The van der Waals surface area contributed by atoms with Gasteiger partial charge in [-0.15, -0.1) is 0 Å². The molecule has 1 aromatic carbocycles. The lowest BCUT2D eigenvalue weighted by atomic mass is 9.78. The van der Waals surface area contributed by atoms with E-state index < -0.39 is 0 Å². The second-order valence-corrected chi connectivity index (χ2v) is 5.05. The van der Waals surface area contributed by atoms with Gasteiger partial charge in [-0.3, -0.25) is 0 Å². The molecule has 1 fully saturated rings. The van der Waals surface area contributed by atoms with Crippen molar-refractivity contribution in [1.29, 1.82) is 0 Å². The van der Waals surface area contributed by atoms with Gasteiger partial charge in [0.25, 0.3) is 0 Å². The summed E-state index contributed by atoms with van der Waals surface area (Å²) in [6.45, 7) is 4.29. The van der Waals surface area contributed by atoms with E-state index in [1.807, 2.05) is 0 Å². The quantitative estimate of drug-likeness (QED) is 0.618. The summed E-state index contributed by atoms with van der Waals surface area (Å²) < 4.78 is 0. The van der Waals surface area contributed by atoms with Crippen molar-refractivity contribution in [3.05, 3.63) is 47.5 Å². The van der Waals surface area contributed by atoms with Gasteiger partial charge in [-0.1, -0.05) is 42.0 Å². The third-order valence-electron chi connectivity index (χ3n) is 3.79. The highest BCUT2D eigenvalue weighted by molar-refractivity contribution is 5.24. The molecule has 2 rings (SSSR count). The Hall–Kier alpha value is -1.04. The molecule has 0 heterocycles. The largest absolute Gasteiger partial charge is 0.0914 e. The van der Waals surface area contributed by atoms with Crippen molar-refractivity contribution in [3.63, 3.8) is 0 Å². The third-order valence-corrected chi connectivity index (χ3v) is 3.79. The summed E-state index contributed by atoms with van der Waals surface area (Å²) in [7, 11) is 0. The molecule has 0 unspecified atom stereocenters. The Morgan fingerprint density at radius 2 is 1.62 bits per heavy atom. The van der Waals surface area contributed by atoms with Gasteiger partial charge in [0.15, 0.2) is 0 Å². The van der Waals surface area contributed by atoms with Crippen molar-refractivity contribution in [2.24, 2.45) is 5.92 Å². The van der Waals surface area contributed by atoms with Crippen LogP contribution in [0.2, 0.25) is 0 Å². The van der Waals surface area contributed by atoms with Crippen LogP contribution in [0, 0.1) is 12.8 Å². The zero-order valence-electron chi connectivity index (χ0n) is 10.4. The molecule has 0 aliphatic heterocycles. The van der Waals surface area contributed by atoms with Crippen LogP contribution >= 0.6 is 0 Å². The van der Waals surface area contributed by atoms with Crippen LogP contribution < -0.4 is 0 Å². The lowest BCUT2D eigenvalue weighted by Crippen LogP contribution is -2.11. The van der Waals surface area contributed by atoms with Crippen LogP contribution in [0.5, 0.6) is 0 Å². The Morgan fingerprint density at radius 3 is 2.19 bits per heavy atom. The van der Waals surface area contributed by atoms with Gasteiger partial charge in [0.2, 0.25) is 0 Å². The van der Waals surface area contributed by atoms with Gasteiger partial charge in [0, 0.05) is 0 Å². The lowest BCUT2D eigenvalue weighted by Gasteiger charge is -2.27. The van der Waals surface area contributed by atoms with Gasteiger partial charge in [0.05, 0.1) is 0 Å². The minimum absolute atomic E-state index is 0.808. The number of benzene rings is 1. The lowest BCUT2D eigenvalue weighted by molar-refractivity contribution is 0.375. The van der Waals surface area contributed by atoms with Crippen LogP contribution in [-0.4, -0.2) is 0 Å². The van der Waals surface area contributed by atoms with Crippen LogP contribution in [0.3, 0.4) is 0 Å². The first-order chi connectivity index (χ1) is 7.79. The molecule has 86 valence electrons. The van der Waals surface area contributed by atoms with E-state index in [2.05, 4.69) is 50.3 Å². The van der Waals surface area contributed by atoms with Crippen LogP contribution in [0.1, 0.15) is 49.7 Å². The van der Waals surface area contributed by atoms with Gasteiger partial charge < -0.3 is 0 Å². The molecule has 0 spiro atoms. The SMILES string of the molecule is C/C=C/C1CCC(c2ccc(C)cc2)CC1. The van der Waals surface area contributed by atoms with Crippen molar-refractivity contribution >= 4 is 0 Å². The highest BCUT2D eigenvalue weighted by atomic mass is 14.2. The van der Waals surface area contributed by atoms with Crippen molar-refractivity contribution in [1.82, 2.24) is 0 Å². The number of allylic oxidation sites excluding steroid dienone is 2. The maximum Gasteiger partial charge on any atom is -0.0162 e. The van der Waals surface area contributed by atoms with Crippen molar-refractivity contribution in [3.8, 4) is 0 Å². The summed E-state index contributed by atoms with van der Waals surface area (Å²) in [6.07, 6.45) is 10.0. The first kappa shape index (κ1) is 11.4. The van der Waals surface area contributed by atoms with Crippen LogP contribution in [0.4, 0.5) is 0 Å². The Morgan fingerprint density at radius 1 is 1.00 bits per heavy atom. The molecule has 16 heavy (non-hydrogen) atoms. The summed E-state index contributed by atoms with van der Waals surface area (Å²) in [5.74, 6) is 1.65. The molecule has 0 bridgehead atoms.